The van der Waals surface area contributed by atoms with Gasteiger partial charge in [0.1, 0.15) is 11.6 Å². The molecule has 3 aromatic rings. The largest absolute Gasteiger partial charge is 0.330 e. The van der Waals surface area contributed by atoms with Crippen LogP contribution in [-0.2, 0) is 13.0 Å². The molecule has 2 N–H and O–H groups in total. The molecule has 0 fully saturated rings. The first-order valence-corrected chi connectivity index (χ1v) is 6.66. The molecule has 0 aliphatic rings. The number of hydrogen-bond donors (Lipinski definition) is 1. The molecule has 1 heterocycles. The minimum atomic E-state index is -0.263. The molecule has 0 bridgehead atoms. The summed E-state index contributed by atoms with van der Waals surface area (Å²) in [6, 6.07) is 14.9. The van der Waals surface area contributed by atoms with Gasteiger partial charge < -0.3 is 10.3 Å². The van der Waals surface area contributed by atoms with Crippen molar-refractivity contribution in [3.05, 3.63) is 65.7 Å². The zero-order valence-electron chi connectivity index (χ0n) is 11.1. The molecule has 0 radical (unpaired) electrons. The average molecular weight is 269 g/mol. The first kappa shape index (κ1) is 12.8. The van der Waals surface area contributed by atoms with Crippen LogP contribution in [0, 0.1) is 5.82 Å². The van der Waals surface area contributed by atoms with Crippen molar-refractivity contribution >= 4 is 11.0 Å². The van der Waals surface area contributed by atoms with Gasteiger partial charge >= 0.3 is 0 Å². The van der Waals surface area contributed by atoms with Gasteiger partial charge in [-0.3, -0.25) is 0 Å². The number of rotatable bonds is 4. The highest BCUT2D eigenvalue weighted by molar-refractivity contribution is 5.76. The molecule has 0 atom stereocenters. The van der Waals surface area contributed by atoms with Crippen LogP contribution in [0.5, 0.6) is 0 Å². The lowest BCUT2D eigenvalue weighted by atomic mass is 10.2. The van der Waals surface area contributed by atoms with Crippen LogP contribution in [-0.4, -0.2) is 16.1 Å². The van der Waals surface area contributed by atoms with Crippen LogP contribution in [0.1, 0.15) is 11.4 Å². The highest BCUT2D eigenvalue weighted by Crippen LogP contribution is 2.19. The monoisotopic (exact) mass is 269 g/mol. The van der Waals surface area contributed by atoms with E-state index in [-0.39, 0.29) is 5.82 Å². The van der Waals surface area contributed by atoms with E-state index in [0.29, 0.717) is 18.5 Å². The molecular formula is C16H16FN3. The van der Waals surface area contributed by atoms with Crippen LogP contribution in [0.4, 0.5) is 4.39 Å². The summed E-state index contributed by atoms with van der Waals surface area (Å²) < 4.78 is 15.4. The number of imidazole rings is 1. The van der Waals surface area contributed by atoms with Gasteiger partial charge in [-0.25, -0.2) is 9.37 Å². The number of fused-ring (bicyclic) bond motifs is 1. The van der Waals surface area contributed by atoms with Crippen LogP contribution in [0.25, 0.3) is 11.0 Å². The maximum absolute atomic E-state index is 13.3. The molecule has 2 aromatic carbocycles. The van der Waals surface area contributed by atoms with Crippen molar-refractivity contribution in [2.24, 2.45) is 5.73 Å². The zero-order chi connectivity index (χ0) is 13.9. The molecule has 102 valence electrons. The van der Waals surface area contributed by atoms with Crippen molar-refractivity contribution in [3.8, 4) is 0 Å². The van der Waals surface area contributed by atoms with Crippen LogP contribution < -0.4 is 5.73 Å². The molecule has 3 rings (SSSR count). The van der Waals surface area contributed by atoms with E-state index in [4.69, 9.17) is 5.73 Å². The Kier molecular flexibility index (Phi) is 3.48. The van der Waals surface area contributed by atoms with Crippen molar-refractivity contribution < 1.29 is 4.39 Å². The second-order valence-electron chi connectivity index (χ2n) is 4.77. The Morgan fingerprint density at radius 2 is 1.90 bits per heavy atom. The van der Waals surface area contributed by atoms with Gasteiger partial charge in [0.15, 0.2) is 0 Å². The third-order valence-electron chi connectivity index (χ3n) is 3.34. The number of hydrogen-bond acceptors (Lipinski definition) is 2. The number of aromatic nitrogens is 2. The molecule has 0 spiro atoms. The number of nitrogens with two attached hydrogens (primary N) is 1. The second kappa shape index (κ2) is 5.43. The highest BCUT2D eigenvalue weighted by Gasteiger charge is 2.11. The van der Waals surface area contributed by atoms with Gasteiger partial charge in [0, 0.05) is 19.0 Å². The summed E-state index contributed by atoms with van der Waals surface area (Å²) in [5, 5.41) is 0. The Hall–Kier alpha value is -2.20. The van der Waals surface area contributed by atoms with Crippen molar-refractivity contribution in [1.82, 2.24) is 9.55 Å². The fourth-order valence-corrected chi connectivity index (χ4v) is 2.42. The molecule has 20 heavy (non-hydrogen) atoms. The van der Waals surface area contributed by atoms with Crippen LogP contribution in [0.15, 0.2) is 48.5 Å². The third kappa shape index (κ3) is 2.42. The first-order valence-electron chi connectivity index (χ1n) is 6.66. The summed E-state index contributed by atoms with van der Waals surface area (Å²) in [4.78, 5) is 4.50. The quantitative estimate of drug-likeness (QED) is 0.791. The van der Waals surface area contributed by atoms with E-state index in [0.717, 1.165) is 17.9 Å². The SMILES string of the molecule is NCCc1nc2cc(F)ccc2n1Cc1ccccc1. The number of halogens is 1. The van der Waals surface area contributed by atoms with Crippen molar-refractivity contribution in [2.45, 2.75) is 13.0 Å². The van der Waals surface area contributed by atoms with Crippen molar-refractivity contribution in [3.63, 3.8) is 0 Å². The van der Waals surface area contributed by atoms with Crippen LogP contribution in [0.3, 0.4) is 0 Å². The Labute approximate surface area is 116 Å². The summed E-state index contributed by atoms with van der Waals surface area (Å²) in [7, 11) is 0. The molecule has 4 heteroatoms. The third-order valence-corrected chi connectivity index (χ3v) is 3.34. The average Bonchev–Trinajstić information content (AvgIpc) is 2.77. The van der Waals surface area contributed by atoms with Crippen molar-refractivity contribution in [2.75, 3.05) is 6.54 Å². The van der Waals surface area contributed by atoms with Crippen LogP contribution >= 0.6 is 0 Å². The minimum Gasteiger partial charge on any atom is -0.330 e. The van der Waals surface area contributed by atoms with Gasteiger partial charge in [-0.05, 0) is 24.2 Å². The normalized spacial score (nSPS) is 11.1. The molecule has 0 unspecified atom stereocenters. The first-order chi connectivity index (χ1) is 9.78. The molecule has 0 saturated heterocycles. The van der Waals surface area contributed by atoms with Gasteiger partial charge in [0.25, 0.3) is 0 Å². The Balaban J connectivity index is 2.09. The van der Waals surface area contributed by atoms with Crippen LogP contribution in [0.2, 0.25) is 0 Å². The maximum atomic E-state index is 13.3. The predicted octanol–water partition coefficient (Wildman–Crippen LogP) is 2.72. The standard InChI is InChI=1S/C16H16FN3/c17-13-6-7-15-14(10-13)19-16(8-9-18)20(15)11-12-4-2-1-3-5-12/h1-7,10H,8-9,11,18H2. The van der Waals surface area contributed by atoms with Crippen molar-refractivity contribution in [1.29, 1.82) is 0 Å². The Morgan fingerprint density at radius 3 is 2.65 bits per heavy atom. The predicted molar refractivity (Wildman–Crippen MR) is 78.0 cm³/mol. The van der Waals surface area contributed by atoms with E-state index in [1.165, 1.54) is 17.7 Å². The molecule has 3 nitrogen and oxygen atoms in total. The number of nitrogens with zero attached hydrogens (tertiary/aromatic N) is 2. The van der Waals surface area contributed by atoms with Gasteiger partial charge in [0.05, 0.1) is 11.0 Å². The van der Waals surface area contributed by atoms with Gasteiger partial charge in [0.2, 0.25) is 0 Å². The summed E-state index contributed by atoms with van der Waals surface area (Å²) in [5.41, 5.74) is 8.46. The van der Waals surface area contributed by atoms with Gasteiger partial charge in [-0.2, -0.15) is 0 Å². The highest BCUT2D eigenvalue weighted by atomic mass is 19.1. The van der Waals surface area contributed by atoms with Gasteiger partial charge in [-0.15, -0.1) is 0 Å². The fraction of sp³-hybridized carbons (Fsp3) is 0.188. The second-order valence-corrected chi connectivity index (χ2v) is 4.77. The maximum Gasteiger partial charge on any atom is 0.125 e. The fourth-order valence-electron chi connectivity index (χ4n) is 2.42. The van der Waals surface area contributed by atoms with E-state index >= 15 is 0 Å². The van der Waals surface area contributed by atoms with E-state index < -0.39 is 0 Å². The molecule has 0 aliphatic heterocycles. The smallest absolute Gasteiger partial charge is 0.125 e. The lowest BCUT2D eigenvalue weighted by Gasteiger charge is -2.08. The Morgan fingerprint density at radius 1 is 1.10 bits per heavy atom. The summed E-state index contributed by atoms with van der Waals surface area (Å²) in [5.74, 6) is 0.637. The lowest BCUT2D eigenvalue weighted by molar-refractivity contribution is 0.629. The molecular weight excluding hydrogens is 253 g/mol. The number of benzene rings is 2. The Bertz CT molecular complexity index is 719. The molecule has 0 saturated carbocycles. The van der Waals surface area contributed by atoms with E-state index in [1.807, 2.05) is 18.2 Å². The zero-order valence-corrected chi connectivity index (χ0v) is 11.1. The van der Waals surface area contributed by atoms with E-state index in [1.54, 1.807) is 6.07 Å². The minimum absolute atomic E-state index is 0.263. The molecule has 0 aliphatic carbocycles. The summed E-state index contributed by atoms with van der Waals surface area (Å²) in [6.45, 7) is 1.25. The molecule has 1 aromatic heterocycles. The van der Waals surface area contributed by atoms with E-state index in [2.05, 4.69) is 21.7 Å². The summed E-state index contributed by atoms with van der Waals surface area (Å²) in [6.07, 6.45) is 0.684. The van der Waals surface area contributed by atoms with Gasteiger partial charge in [-0.1, -0.05) is 30.3 Å². The molecule has 0 amide bonds. The topological polar surface area (TPSA) is 43.8 Å². The summed E-state index contributed by atoms with van der Waals surface area (Å²) >= 11 is 0. The lowest BCUT2D eigenvalue weighted by Crippen LogP contribution is -2.10. The van der Waals surface area contributed by atoms with E-state index in [9.17, 15) is 4.39 Å².